The molecular formula is C17H31NO9. The summed E-state index contributed by atoms with van der Waals surface area (Å²) in [6.07, 6.45) is -9.53. The van der Waals surface area contributed by atoms with Crippen molar-refractivity contribution in [3.05, 3.63) is 0 Å². The van der Waals surface area contributed by atoms with E-state index in [1.54, 1.807) is 0 Å². The molecule has 6 rings (SSSR count). The lowest BCUT2D eigenvalue weighted by molar-refractivity contribution is -0.341. The zero-order chi connectivity index (χ0) is 19.6. The molecular weight excluding hydrogens is 362 g/mol. The predicted molar refractivity (Wildman–Crippen MR) is 90.8 cm³/mol. The van der Waals surface area contributed by atoms with E-state index in [4.69, 9.17) is 18.9 Å². The minimum atomic E-state index is -1.44. The highest BCUT2D eigenvalue weighted by Crippen LogP contribution is 2.32. The van der Waals surface area contributed by atoms with Crippen LogP contribution in [0.2, 0.25) is 0 Å². The maximum Gasteiger partial charge on any atom is 0.187 e. The number of rotatable bonds is 4. The van der Waals surface area contributed by atoms with Crippen molar-refractivity contribution in [2.75, 3.05) is 26.3 Å². The highest BCUT2D eigenvalue weighted by atomic mass is 16.7. The Hall–Kier alpha value is -0.400. The highest BCUT2D eigenvalue weighted by Gasteiger charge is 2.51. The van der Waals surface area contributed by atoms with E-state index in [0.29, 0.717) is 25.9 Å². The van der Waals surface area contributed by atoms with E-state index in [0.717, 1.165) is 0 Å². The Labute approximate surface area is 158 Å². The Morgan fingerprint density at radius 1 is 0.889 bits per heavy atom. The van der Waals surface area contributed by atoms with Crippen LogP contribution in [0.15, 0.2) is 0 Å². The van der Waals surface area contributed by atoms with E-state index < -0.39 is 67.8 Å². The molecule has 6 aliphatic rings. The smallest absolute Gasteiger partial charge is 0.187 e. The van der Waals surface area contributed by atoms with Crippen molar-refractivity contribution in [1.82, 2.24) is 5.32 Å². The van der Waals surface area contributed by atoms with E-state index in [-0.39, 0.29) is 6.61 Å². The molecule has 6 heterocycles. The van der Waals surface area contributed by atoms with Crippen LogP contribution < -0.4 is 5.32 Å². The molecule has 10 nitrogen and oxygen atoms in total. The molecule has 0 saturated carbocycles. The second kappa shape index (κ2) is 9.40. The van der Waals surface area contributed by atoms with Crippen LogP contribution in [0, 0.1) is 0 Å². The summed E-state index contributed by atoms with van der Waals surface area (Å²) in [5.41, 5.74) is 0. The summed E-state index contributed by atoms with van der Waals surface area (Å²) < 4.78 is 23.0. The van der Waals surface area contributed by atoms with Crippen LogP contribution in [0.4, 0.5) is 0 Å². The third kappa shape index (κ3) is 4.45. The SMILES string of the molecule is CCNC[C@H]1O[C@@H]2CCCO[C@H]3[C@H](O)[C@@H](O)[C@@H](O[C@H]1[C@H](O)[C@H]2O)O[C@@H]3CO. The lowest BCUT2D eigenvalue weighted by Gasteiger charge is -2.46. The van der Waals surface area contributed by atoms with Crippen LogP contribution in [-0.2, 0) is 18.9 Å². The summed E-state index contributed by atoms with van der Waals surface area (Å²) >= 11 is 0. The molecule has 0 aromatic carbocycles. The molecule has 6 aliphatic heterocycles. The first kappa shape index (κ1) is 21.3. The van der Waals surface area contributed by atoms with Crippen molar-refractivity contribution in [1.29, 1.82) is 0 Å². The number of aliphatic hydroxyl groups excluding tert-OH is 5. The fourth-order valence-corrected chi connectivity index (χ4v) is 3.90. The van der Waals surface area contributed by atoms with E-state index >= 15 is 0 Å². The maximum atomic E-state index is 10.6. The van der Waals surface area contributed by atoms with Gasteiger partial charge in [0.05, 0.1) is 18.8 Å². The normalized spacial score (nSPS) is 48.7. The van der Waals surface area contributed by atoms with E-state index in [1.807, 2.05) is 6.92 Å². The van der Waals surface area contributed by atoms with Crippen LogP contribution in [0.3, 0.4) is 0 Å². The third-order valence-corrected chi connectivity index (χ3v) is 5.43. The maximum absolute atomic E-state index is 10.6. The zero-order valence-electron chi connectivity index (χ0n) is 15.4. The van der Waals surface area contributed by atoms with Crippen molar-refractivity contribution >= 4 is 0 Å². The monoisotopic (exact) mass is 393 g/mol. The van der Waals surface area contributed by atoms with Crippen LogP contribution in [-0.4, -0.2) is 113 Å². The van der Waals surface area contributed by atoms with Gasteiger partial charge in [-0.05, 0) is 19.4 Å². The van der Waals surface area contributed by atoms with Crippen molar-refractivity contribution in [3.63, 3.8) is 0 Å². The standard InChI is InChI=1S/C17H31NO9/c1-2-18-6-9-16-12(21)11(20)8(25-9)4-3-5-24-15-10(7-19)26-17(27-16)14(23)13(15)22/h8-23H,2-7H2,1H3/t8-,9-,10-,11+,12-,13-,14-,15-,16-,17-/m1/s1. The second-order valence-electron chi connectivity index (χ2n) is 7.29. The molecule has 158 valence electrons. The Balaban J connectivity index is 1.87. The Kier molecular flexibility index (Phi) is 7.42. The summed E-state index contributed by atoms with van der Waals surface area (Å²) in [5, 5.41) is 54.6. The van der Waals surface area contributed by atoms with E-state index in [1.165, 1.54) is 0 Å². The number of hydrogen-bond donors (Lipinski definition) is 6. The summed E-state index contributed by atoms with van der Waals surface area (Å²) in [7, 11) is 0. The molecule has 4 bridgehead atoms. The molecule has 0 radical (unpaired) electrons. The summed E-state index contributed by atoms with van der Waals surface area (Å²) in [4.78, 5) is 0. The second-order valence-corrected chi connectivity index (χ2v) is 7.29. The first-order valence-electron chi connectivity index (χ1n) is 9.59. The van der Waals surface area contributed by atoms with Gasteiger partial charge < -0.3 is 49.8 Å². The first-order chi connectivity index (χ1) is 13.0. The largest absolute Gasteiger partial charge is 0.394 e. The highest BCUT2D eigenvalue weighted by molar-refractivity contribution is 4.97. The minimum absolute atomic E-state index is 0.212. The van der Waals surface area contributed by atoms with Gasteiger partial charge in [-0.2, -0.15) is 0 Å². The molecule has 27 heavy (non-hydrogen) atoms. The molecule has 6 fully saturated rings. The molecule has 0 spiro atoms. The molecule has 0 unspecified atom stereocenters. The van der Waals surface area contributed by atoms with Gasteiger partial charge >= 0.3 is 0 Å². The van der Waals surface area contributed by atoms with Crippen molar-refractivity contribution in [3.8, 4) is 0 Å². The van der Waals surface area contributed by atoms with Gasteiger partial charge in [0.2, 0.25) is 0 Å². The molecule has 0 aromatic heterocycles. The molecule has 6 saturated heterocycles. The number of hydrogen-bond acceptors (Lipinski definition) is 10. The molecule has 0 amide bonds. The van der Waals surface area contributed by atoms with Gasteiger partial charge in [0.15, 0.2) is 6.29 Å². The Bertz CT molecular complexity index is 468. The Morgan fingerprint density at radius 3 is 2.33 bits per heavy atom. The first-order valence-corrected chi connectivity index (χ1v) is 9.59. The molecule has 10 heteroatoms. The topological polar surface area (TPSA) is 150 Å². The number of nitrogens with one attached hydrogen (secondary N) is 1. The number of aliphatic hydroxyl groups is 5. The van der Waals surface area contributed by atoms with E-state index in [2.05, 4.69) is 5.32 Å². The quantitative estimate of drug-likeness (QED) is 0.293. The lowest BCUT2D eigenvalue weighted by atomic mass is 9.92. The summed E-state index contributed by atoms with van der Waals surface area (Å²) in [6.45, 7) is 2.76. The minimum Gasteiger partial charge on any atom is -0.394 e. The predicted octanol–water partition coefficient (Wildman–Crippen LogP) is -2.91. The van der Waals surface area contributed by atoms with Crippen molar-refractivity contribution in [2.45, 2.75) is 81.0 Å². The van der Waals surface area contributed by atoms with Crippen molar-refractivity contribution in [2.24, 2.45) is 0 Å². The van der Waals surface area contributed by atoms with Gasteiger partial charge in [0.1, 0.15) is 42.7 Å². The zero-order valence-corrected chi connectivity index (χ0v) is 15.4. The molecule has 6 N–H and O–H groups in total. The van der Waals surface area contributed by atoms with Crippen molar-refractivity contribution < 1.29 is 44.5 Å². The van der Waals surface area contributed by atoms with E-state index in [9.17, 15) is 25.5 Å². The third-order valence-electron chi connectivity index (χ3n) is 5.43. The van der Waals surface area contributed by atoms with Crippen LogP contribution in [0.25, 0.3) is 0 Å². The summed E-state index contributed by atoms with van der Waals surface area (Å²) in [6, 6.07) is 0. The van der Waals surface area contributed by atoms with Crippen LogP contribution in [0.5, 0.6) is 0 Å². The molecule has 0 aromatic rings. The van der Waals surface area contributed by atoms with Gasteiger partial charge in [0.25, 0.3) is 0 Å². The van der Waals surface area contributed by atoms with Crippen LogP contribution >= 0.6 is 0 Å². The average molecular weight is 393 g/mol. The van der Waals surface area contributed by atoms with Gasteiger partial charge in [0, 0.05) is 13.2 Å². The van der Waals surface area contributed by atoms with Gasteiger partial charge in [-0.25, -0.2) is 0 Å². The number of ether oxygens (including phenoxy) is 4. The van der Waals surface area contributed by atoms with Gasteiger partial charge in [-0.3, -0.25) is 0 Å². The molecule has 10 atom stereocenters. The Morgan fingerprint density at radius 2 is 1.63 bits per heavy atom. The lowest BCUT2D eigenvalue weighted by Crippen LogP contribution is -2.65. The fraction of sp³-hybridized carbons (Fsp3) is 1.00. The van der Waals surface area contributed by atoms with Gasteiger partial charge in [-0.15, -0.1) is 0 Å². The average Bonchev–Trinajstić information content (AvgIpc) is 2.69. The van der Waals surface area contributed by atoms with Crippen LogP contribution in [0.1, 0.15) is 19.8 Å². The molecule has 0 aliphatic carbocycles. The van der Waals surface area contributed by atoms with Gasteiger partial charge in [-0.1, -0.05) is 6.92 Å². The number of likely N-dealkylation sites (N-methyl/N-ethyl adjacent to an activating group) is 1. The summed E-state index contributed by atoms with van der Waals surface area (Å²) in [5.74, 6) is 0. The fourth-order valence-electron chi connectivity index (χ4n) is 3.90.